The van der Waals surface area contributed by atoms with Gasteiger partial charge in [-0.05, 0) is 32.4 Å². The molecule has 19 heavy (non-hydrogen) atoms. The summed E-state index contributed by atoms with van der Waals surface area (Å²) in [6, 6.07) is 3.11. The smallest absolute Gasteiger partial charge is 0.246 e. The van der Waals surface area contributed by atoms with Crippen LogP contribution in [0.4, 0.5) is 0 Å². The average Bonchev–Trinajstić information content (AvgIpc) is 2.79. The van der Waals surface area contributed by atoms with Gasteiger partial charge >= 0.3 is 0 Å². The summed E-state index contributed by atoms with van der Waals surface area (Å²) in [5.74, 6) is 1.40. The lowest BCUT2D eigenvalue weighted by atomic mass is 10.1. The van der Waals surface area contributed by atoms with Crippen LogP contribution in [0.3, 0.4) is 0 Å². The summed E-state index contributed by atoms with van der Waals surface area (Å²) in [6.07, 6.45) is 1.53. The fourth-order valence-corrected chi connectivity index (χ4v) is 2.38. The van der Waals surface area contributed by atoms with Crippen LogP contribution in [0, 0.1) is 6.92 Å². The van der Waals surface area contributed by atoms with Gasteiger partial charge in [-0.1, -0.05) is 13.3 Å². The molecule has 5 nitrogen and oxygen atoms in total. The summed E-state index contributed by atoms with van der Waals surface area (Å²) in [5.41, 5.74) is 0. The average molecular weight is 264 g/mol. The van der Waals surface area contributed by atoms with Crippen molar-refractivity contribution < 1.29 is 14.0 Å². The van der Waals surface area contributed by atoms with Crippen molar-refractivity contribution in [2.75, 3.05) is 6.54 Å². The van der Waals surface area contributed by atoms with Gasteiger partial charge in [0.05, 0.1) is 6.04 Å². The number of amides is 2. The molecule has 0 spiro atoms. The number of rotatable bonds is 4. The fraction of sp³-hybridized carbons (Fsp3) is 0.571. The van der Waals surface area contributed by atoms with E-state index < -0.39 is 6.04 Å². The molecular weight excluding hydrogens is 244 g/mol. The van der Waals surface area contributed by atoms with Crippen LogP contribution in [-0.2, 0) is 9.59 Å². The molecule has 2 atom stereocenters. The standard InChI is InChI=1S/C14H20N2O3/c1-4-5-11-14(18)16(8-13(17)15-11)10(3)12-7-6-9(2)19-12/h6-7,10-11H,4-5,8H2,1-3H3,(H,15,17). The predicted molar refractivity (Wildman–Crippen MR) is 70.4 cm³/mol. The first-order chi connectivity index (χ1) is 9.02. The maximum Gasteiger partial charge on any atom is 0.246 e. The van der Waals surface area contributed by atoms with Crippen molar-refractivity contribution in [2.45, 2.75) is 45.7 Å². The SMILES string of the molecule is CCCC1NC(=O)CN(C(C)c2ccc(C)o2)C1=O. The minimum atomic E-state index is -0.398. The number of furan rings is 1. The first kappa shape index (κ1) is 13.6. The lowest BCUT2D eigenvalue weighted by Crippen LogP contribution is -2.58. The maximum absolute atomic E-state index is 12.4. The number of carbonyl (C=O) groups is 2. The lowest BCUT2D eigenvalue weighted by molar-refractivity contribution is -0.147. The molecule has 2 heterocycles. The van der Waals surface area contributed by atoms with E-state index in [0.29, 0.717) is 6.42 Å². The Kier molecular flexibility index (Phi) is 3.93. The molecule has 5 heteroatoms. The van der Waals surface area contributed by atoms with E-state index in [-0.39, 0.29) is 24.4 Å². The van der Waals surface area contributed by atoms with Gasteiger partial charge in [0.15, 0.2) is 0 Å². The van der Waals surface area contributed by atoms with Gasteiger partial charge in [0.1, 0.15) is 24.1 Å². The molecule has 0 bridgehead atoms. The molecule has 1 aromatic rings. The quantitative estimate of drug-likeness (QED) is 0.901. The van der Waals surface area contributed by atoms with Crippen LogP contribution >= 0.6 is 0 Å². The highest BCUT2D eigenvalue weighted by atomic mass is 16.3. The number of nitrogens with zero attached hydrogens (tertiary/aromatic N) is 1. The predicted octanol–water partition coefficient (Wildman–Crippen LogP) is 1.78. The molecule has 2 unspecified atom stereocenters. The van der Waals surface area contributed by atoms with Gasteiger partial charge in [0.2, 0.25) is 11.8 Å². The van der Waals surface area contributed by atoms with Gasteiger partial charge < -0.3 is 14.6 Å². The van der Waals surface area contributed by atoms with Crippen molar-refractivity contribution in [3.05, 3.63) is 23.7 Å². The second-order valence-corrected chi connectivity index (χ2v) is 5.00. The number of piperazine rings is 1. The number of hydrogen-bond donors (Lipinski definition) is 1. The van der Waals surface area contributed by atoms with E-state index in [1.165, 1.54) is 0 Å². The van der Waals surface area contributed by atoms with Gasteiger partial charge in [-0.2, -0.15) is 0 Å². The Morgan fingerprint density at radius 1 is 1.47 bits per heavy atom. The summed E-state index contributed by atoms with van der Waals surface area (Å²) < 4.78 is 5.55. The monoisotopic (exact) mass is 264 g/mol. The van der Waals surface area contributed by atoms with Crippen molar-refractivity contribution in [3.63, 3.8) is 0 Å². The second-order valence-electron chi connectivity index (χ2n) is 5.00. The molecule has 1 aromatic heterocycles. The molecule has 0 saturated carbocycles. The van der Waals surface area contributed by atoms with Crippen molar-refractivity contribution in [3.8, 4) is 0 Å². The number of aryl methyl sites for hydroxylation is 1. The normalized spacial score (nSPS) is 21.4. The number of hydrogen-bond acceptors (Lipinski definition) is 3. The second kappa shape index (κ2) is 5.47. The molecule has 1 fully saturated rings. The summed E-state index contributed by atoms with van der Waals surface area (Å²) in [6.45, 7) is 5.84. The van der Waals surface area contributed by atoms with Crippen molar-refractivity contribution >= 4 is 11.8 Å². The summed E-state index contributed by atoms with van der Waals surface area (Å²) in [7, 11) is 0. The van der Waals surface area contributed by atoms with Gasteiger partial charge in [0.25, 0.3) is 0 Å². The van der Waals surface area contributed by atoms with Crippen LogP contribution in [0.2, 0.25) is 0 Å². The van der Waals surface area contributed by atoms with E-state index in [0.717, 1.165) is 17.9 Å². The molecule has 1 aliphatic heterocycles. The van der Waals surface area contributed by atoms with Crippen LogP contribution in [0.1, 0.15) is 44.3 Å². The van der Waals surface area contributed by atoms with Gasteiger partial charge in [0, 0.05) is 0 Å². The molecule has 1 aliphatic rings. The summed E-state index contributed by atoms with van der Waals surface area (Å²) in [5, 5.41) is 2.75. The van der Waals surface area contributed by atoms with Gasteiger partial charge in [-0.3, -0.25) is 9.59 Å². The summed E-state index contributed by atoms with van der Waals surface area (Å²) >= 11 is 0. The van der Waals surface area contributed by atoms with E-state index in [1.807, 2.05) is 32.9 Å². The maximum atomic E-state index is 12.4. The minimum Gasteiger partial charge on any atom is -0.464 e. The third-order valence-corrected chi connectivity index (χ3v) is 3.45. The zero-order valence-corrected chi connectivity index (χ0v) is 11.6. The Morgan fingerprint density at radius 2 is 2.21 bits per heavy atom. The summed E-state index contributed by atoms with van der Waals surface area (Å²) in [4.78, 5) is 25.7. The number of nitrogens with one attached hydrogen (secondary N) is 1. The zero-order chi connectivity index (χ0) is 14.0. The van der Waals surface area contributed by atoms with Crippen LogP contribution in [0.15, 0.2) is 16.5 Å². The highest BCUT2D eigenvalue weighted by Crippen LogP contribution is 2.24. The number of carbonyl (C=O) groups excluding carboxylic acids is 2. The Balaban J connectivity index is 2.17. The molecule has 1 N–H and O–H groups in total. The largest absolute Gasteiger partial charge is 0.464 e. The third-order valence-electron chi connectivity index (χ3n) is 3.45. The van der Waals surface area contributed by atoms with E-state index in [1.54, 1.807) is 4.90 Å². The van der Waals surface area contributed by atoms with E-state index in [4.69, 9.17) is 4.42 Å². The Labute approximate surface area is 113 Å². The molecule has 2 rings (SSSR count). The Bertz CT molecular complexity index is 481. The highest BCUT2D eigenvalue weighted by molar-refractivity contribution is 5.95. The Hall–Kier alpha value is -1.78. The van der Waals surface area contributed by atoms with Crippen molar-refractivity contribution in [1.82, 2.24) is 10.2 Å². The van der Waals surface area contributed by atoms with Crippen LogP contribution in [0.5, 0.6) is 0 Å². The molecular formula is C14H20N2O3. The topological polar surface area (TPSA) is 62.6 Å². The van der Waals surface area contributed by atoms with Crippen LogP contribution in [-0.4, -0.2) is 29.3 Å². The van der Waals surface area contributed by atoms with E-state index in [9.17, 15) is 9.59 Å². The first-order valence-corrected chi connectivity index (χ1v) is 6.69. The Morgan fingerprint density at radius 3 is 2.79 bits per heavy atom. The molecule has 0 aromatic carbocycles. The molecule has 0 radical (unpaired) electrons. The third kappa shape index (κ3) is 2.80. The lowest BCUT2D eigenvalue weighted by Gasteiger charge is -2.35. The highest BCUT2D eigenvalue weighted by Gasteiger charge is 2.35. The first-order valence-electron chi connectivity index (χ1n) is 6.69. The molecule has 0 aliphatic carbocycles. The van der Waals surface area contributed by atoms with Gasteiger partial charge in [-0.25, -0.2) is 0 Å². The van der Waals surface area contributed by atoms with E-state index >= 15 is 0 Å². The van der Waals surface area contributed by atoms with E-state index in [2.05, 4.69) is 5.32 Å². The molecule has 1 saturated heterocycles. The van der Waals surface area contributed by atoms with Crippen LogP contribution < -0.4 is 5.32 Å². The van der Waals surface area contributed by atoms with Crippen molar-refractivity contribution in [1.29, 1.82) is 0 Å². The van der Waals surface area contributed by atoms with Crippen molar-refractivity contribution in [2.24, 2.45) is 0 Å². The fourth-order valence-electron chi connectivity index (χ4n) is 2.38. The zero-order valence-electron chi connectivity index (χ0n) is 11.6. The van der Waals surface area contributed by atoms with Crippen LogP contribution in [0.25, 0.3) is 0 Å². The molecule has 104 valence electrons. The van der Waals surface area contributed by atoms with Gasteiger partial charge in [-0.15, -0.1) is 0 Å². The minimum absolute atomic E-state index is 0.0250. The molecule has 2 amide bonds.